The van der Waals surface area contributed by atoms with Crippen LogP contribution in [0.5, 0.6) is 0 Å². The third kappa shape index (κ3) is 2.30. The Balaban J connectivity index is 1.69. The van der Waals surface area contributed by atoms with Crippen molar-refractivity contribution in [2.45, 2.75) is 58.8 Å². The summed E-state index contributed by atoms with van der Waals surface area (Å²) >= 11 is 0. The van der Waals surface area contributed by atoms with Crippen LogP contribution in [0.15, 0.2) is 23.8 Å². The highest BCUT2D eigenvalue weighted by Crippen LogP contribution is 2.67. The Morgan fingerprint density at radius 1 is 1.23 bits per heavy atom. The zero-order valence-electron chi connectivity index (χ0n) is 15.7. The molecule has 4 aliphatic carbocycles. The van der Waals surface area contributed by atoms with Crippen LogP contribution < -0.4 is 0 Å². The highest BCUT2D eigenvalue weighted by Gasteiger charge is 2.60. The van der Waals surface area contributed by atoms with Crippen LogP contribution in [-0.4, -0.2) is 22.6 Å². The van der Waals surface area contributed by atoms with Crippen LogP contribution in [0.25, 0.3) is 0 Å². The van der Waals surface area contributed by atoms with Crippen LogP contribution in [0.3, 0.4) is 0 Å². The van der Waals surface area contributed by atoms with Crippen LogP contribution >= 0.6 is 0 Å². The van der Waals surface area contributed by atoms with Gasteiger partial charge in [0.15, 0.2) is 0 Å². The minimum absolute atomic E-state index is 0.0753. The van der Waals surface area contributed by atoms with E-state index >= 15 is 0 Å². The van der Waals surface area contributed by atoms with Crippen molar-refractivity contribution in [2.24, 2.45) is 34.5 Å². The van der Waals surface area contributed by atoms with Crippen LogP contribution in [-0.2, 0) is 14.4 Å². The first kappa shape index (κ1) is 17.7. The van der Waals surface area contributed by atoms with Gasteiger partial charge < -0.3 is 5.11 Å². The van der Waals surface area contributed by atoms with Crippen LogP contribution in [0, 0.1) is 34.5 Å². The molecule has 0 amide bonds. The first-order chi connectivity index (χ1) is 12.2. The van der Waals surface area contributed by atoms with E-state index < -0.39 is 5.97 Å². The number of carboxylic acid groups (broad SMARTS) is 1. The maximum absolute atomic E-state index is 12.2. The number of Topliss-reactive ketones (excluding diaryl/α,β-unsaturated/α-hetero) is 1. The van der Waals surface area contributed by atoms with Crippen molar-refractivity contribution >= 4 is 17.5 Å². The Kier molecular flexibility index (Phi) is 3.84. The molecule has 140 valence electrons. The first-order valence-electron chi connectivity index (χ1n) is 9.86. The molecule has 0 aliphatic heterocycles. The van der Waals surface area contributed by atoms with Gasteiger partial charge in [-0.2, -0.15) is 0 Å². The van der Waals surface area contributed by atoms with Crippen molar-refractivity contribution in [1.82, 2.24) is 0 Å². The average Bonchev–Trinajstić information content (AvgIpc) is 2.87. The lowest BCUT2D eigenvalue weighted by molar-refractivity contribution is -0.141. The molecule has 0 heterocycles. The van der Waals surface area contributed by atoms with Gasteiger partial charge in [0.2, 0.25) is 11.6 Å². The molecule has 4 aliphatic rings. The molecule has 0 radical (unpaired) electrons. The van der Waals surface area contributed by atoms with E-state index in [2.05, 4.69) is 20.4 Å². The molecule has 4 nitrogen and oxygen atoms in total. The molecule has 6 atom stereocenters. The fourth-order valence-corrected chi connectivity index (χ4v) is 7.14. The number of hydrogen-bond acceptors (Lipinski definition) is 3. The Morgan fingerprint density at radius 3 is 2.65 bits per heavy atom. The van der Waals surface area contributed by atoms with E-state index in [1.54, 1.807) is 6.08 Å². The zero-order chi connectivity index (χ0) is 18.9. The number of carbonyl (C=O) groups is 3. The summed E-state index contributed by atoms with van der Waals surface area (Å²) in [6.45, 7) is 8.72. The van der Waals surface area contributed by atoms with Gasteiger partial charge in [-0.05, 0) is 72.8 Å². The largest absolute Gasteiger partial charge is 0.481 e. The fourth-order valence-electron chi connectivity index (χ4n) is 7.14. The third-order valence-electron chi connectivity index (χ3n) is 8.43. The molecule has 26 heavy (non-hydrogen) atoms. The van der Waals surface area contributed by atoms with E-state index in [0.29, 0.717) is 24.2 Å². The first-order valence-corrected chi connectivity index (χ1v) is 9.86. The summed E-state index contributed by atoms with van der Waals surface area (Å²) in [7, 11) is 0. The van der Waals surface area contributed by atoms with Gasteiger partial charge in [-0.15, -0.1) is 0 Å². The standard InChI is InChI=1S/C22H28O4/c1-12-8-14-15-5-4-13(9-20(25)26)21(15,2)7-6-16(14)22(3)11-19(24)18(23)10-17(12)22/h10,13-16H,1,4-9,11H2,2-3H3,(H,25,26)/t13?,14-,15-,16+,21+,22+/m0/s1. The summed E-state index contributed by atoms with van der Waals surface area (Å²) in [5.41, 5.74) is 1.82. The quantitative estimate of drug-likeness (QED) is 0.760. The van der Waals surface area contributed by atoms with Gasteiger partial charge in [-0.25, -0.2) is 0 Å². The summed E-state index contributed by atoms with van der Waals surface area (Å²) in [4.78, 5) is 35.5. The highest BCUT2D eigenvalue weighted by molar-refractivity contribution is 6.42. The molecule has 3 fully saturated rings. The van der Waals surface area contributed by atoms with E-state index in [9.17, 15) is 19.5 Å². The fraction of sp³-hybridized carbons (Fsp3) is 0.682. The minimum atomic E-state index is -0.694. The van der Waals surface area contributed by atoms with Crippen molar-refractivity contribution in [3.63, 3.8) is 0 Å². The van der Waals surface area contributed by atoms with Gasteiger partial charge in [0.25, 0.3) is 0 Å². The number of aliphatic carboxylic acids is 1. The number of fused-ring (bicyclic) bond motifs is 5. The topological polar surface area (TPSA) is 71.4 Å². The Morgan fingerprint density at radius 2 is 1.96 bits per heavy atom. The Bertz CT molecular complexity index is 747. The predicted molar refractivity (Wildman–Crippen MR) is 97.4 cm³/mol. The summed E-state index contributed by atoms with van der Waals surface area (Å²) < 4.78 is 0. The SMILES string of the molecule is C=C1C[C@@H]2[C@@H](CC[C@]3(C)C(CC(=O)O)CC[C@@H]23)[C@@]2(C)CC(=O)C(=O)C=C12. The lowest BCUT2D eigenvalue weighted by atomic mass is 9.46. The smallest absolute Gasteiger partial charge is 0.303 e. The van der Waals surface area contributed by atoms with Crippen molar-refractivity contribution in [3.05, 3.63) is 23.8 Å². The molecule has 0 aromatic rings. The Hall–Kier alpha value is -1.71. The van der Waals surface area contributed by atoms with Crippen molar-refractivity contribution in [3.8, 4) is 0 Å². The molecule has 1 N–H and O–H groups in total. The van der Waals surface area contributed by atoms with E-state index in [-0.39, 0.29) is 34.7 Å². The molecule has 0 spiro atoms. The van der Waals surface area contributed by atoms with Crippen molar-refractivity contribution in [1.29, 1.82) is 0 Å². The van der Waals surface area contributed by atoms with Crippen molar-refractivity contribution < 1.29 is 19.5 Å². The maximum Gasteiger partial charge on any atom is 0.303 e. The highest BCUT2D eigenvalue weighted by atomic mass is 16.4. The lowest BCUT2D eigenvalue weighted by Crippen LogP contribution is -2.52. The van der Waals surface area contributed by atoms with Gasteiger partial charge in [0.05, 0.1) is 0 Å². The van der Waals surface area contributed by atoms with Gasteiger partial charge >= 0.3 is 5.97 Å². The molecular weight excluding hydrogens is 328 g/mol. The summed E-state index contributed by atoms with van der Waals surface area (Å²) in [6, 6.07) is 0. The third-order valence-corrected chi connectivity index (χ3v) is 8.43. The molecule has 3 saturated carbocycles. The van der Waals surface area contributed by atoms with Gasteiger partial charge in [-0.1, -0.05) is 26.0 Å². The lowest BCUT2D eigenvalue weighted by Gasteiger charge is -2.58. The second-order valence-corrected chi connectivity index (χ2v) is 9.54. The summed E-state index contributed by atoms with van der Waals surface area (Å²) in [6.07, 6.45) is 7.10. The molecule has 0 aromatic carbocycles. The van der Waals surface area contributed by atoms with E-state index in [0.717, 1.165) is 43.3 Å². The molecule has 0 aromatic heterocycles. The number of allylic oxidation sites excluding steroid dienone is 2. The molecule has 4 rings (SSSR count). The van der Waals surface area contributed by atoms with Gasteiger partial charge in [-0.3, -0.25) is 14.4 Å². The minimum Gasteiger partial charge on any atom is -0.481 e. The molecule has 1 unspecified atom stereocenters. The number of carbonyl (C=O) groups excluding carboxylic acids is 2. The number of ketones is 2. The summed E-state index contributed by atoms with van der Waals surface area (Å²) in [5.74, 6) is 0.238. The zero-order valence-corrected chi connectivity index (χ0v) is 15.7. The van der Waals surface area contributed by atoms with Crippen LogP contribution in [0.2, 0.25) is 0 Å². The monoisotopic (exact) mass is 356 g/mol. The molecule has 0 saturated heterocycles. The predicted octanol–water partition coefficient (Wildman–Crippen LogP) is 3.95. The second kappa shape index (κ2) is 5.64. The normalized spacial score (nSPS) is 44.8. The Labute approximate surface area is 154 Å². The number of hydrogen-bond donors (Lipinski definition) is 1. The van der Waals surface area contributed by atoms with E-state index in [1.165, 1.54) is 0 Å². The van der Waals surface area contributed by atoms with E-state index in [4.69, 9.17) is 0 Å². The number of rotatable bonds is 2. The number of carboxylic acids is 1. The summed E-state index contributed by atoms with van der Waals surface area (Å²) in [5, 5.41) is 9.31. The van der Waals surface area contributed by atoms with Crippen LogP contribution in [0.1, 0.15) is 58.8 Å². The van der Waals surface area contributed by atoms with E-state index in [1.807, 2.05) is 0 Å². The van der Waals surface area contributed by atoms with Crippen LogP contribution in [0.4, 0.5) is 0 Å². The van der Waals surface area contributed by atoms with Gasteiger partial charge in [0.1, 0.15) is 0 Å². The van der Waals surface area contributed by atoms with Crippen molar-refractivity contribution in [2.75, 3.05) is 0 Å². The molecular formula is C22H28O4. The van der Waals surface area contributed by atoms with Gasteiger partial charge in [0, 0.05) is 18.3 Å². The molecule has 0 bridgehead atoms. The average molecular weight is 356 g/mol. The maximum atomic E-state index is 12.2. The molecule has 4 heteroatoms. The second-order valence-electron chi connectivity index (χ2n) is 9.54.